The molecule has 0 aromatic heterocycles. The first kappa shape index (κ1) is 9.40. The number of halogens is 1. The highest BCUT2D eigenvalue weighted by atomic mass is 127. The van der Waals surface area contributed by atoms with Crippen LogP contribution >= 0.6 is 22.6 Å². The van der Waals surface area contributed by atoms with Crippen molar-refractivity contribution in [1.82, 2.24) is 0 Å². The zero-order valence-corrected chi connectivity index (χ0v) is 8.31. The highest BCUT2D eigenvalue weighted by Gasteiger charge is 2.14. The predicted octanol–water partition coefficient (Wildman–Crippen LogP) is 2.43. The standard InChI is InChI=1S/C7H13IO/c1-4-5(2)7(9)6(3)8/h5-6H,4H2,1-3H3. The van der Waals surface area contributed by atoms with Crippen molar-refractivity contribution in [3.63, 3.8) is 0 Å². The maximum atomic E-state index is 11.1. The summed E-state index contributed by atoms with van der Waals surface area (Å²) in [6.07, 6.45) is 0.964. The Morgan fingerprint density at radius 2 is 2.00 bits per heavy atom. The molecule has 0 saturated heterocycles. The summed E-state index contributed by atoms with van der Waals surface area (Å²) < 4.78 is 0.178. The highest BCUT2D eigenvalue weighted by Crippen LogP contribution is 2.10. The molecule has 2 heteroatoms. The van der Waals surface area contributed by atoms with E-state index in [4.69, 9.17) is 0 Å². The summed E-state index contributed by atoms with van der Waals surface area (Å²) in [4.78, 5) is 11.1. The fourth-order valence-corrected chi connectivity index (χ4v) is 1.21. The van der Waals surface area contributed by atoms with Gasteiger partial charge in [0.25, 0.3) is 0 Å². The minimum absolute atomic E-state index is 0.178. The van der Waals surface area contributed by atoms with E-state index < -0.39 is 0 Å². The quantitative estimate of drug-likeness (QED) is 0.547. The van der Waals surface area contributed by atoms with E-state index in [9.17, 15) is 4.79 Å². The lowest BCUT2D eigenvalue weighted by Crippen LogP contribution is -2.17. The molecule has 0 aromatic carbocycles. The Bertz CT molecular complexity index is 99.1. The number of Topliss-reactive ketones (excluding diaryl/α,β-unsaturated/α-hetero) is 1. The number of carbonyl (C=O) groups is 1. The average molecular weight is 240 g/mol. The van der Waals surface area contributed by atoms with Gasteiger partial charge in [0.05, 0.1) is 3.92 Å². The number of alkyl halides is 1. The van der Waals surface area contributed by atoms with Crippen LogP contribution in [-0.4, -0.2) is 9.71 Å². The Labute approximate surface area is 70.4 Å². The maximum Gasteiger partial charge on any atom is 0.148 e. The number of carbonyl (C=O) groups excluding carboxylic acids is 1. The molecule has 0 N–H and O–H groups in total. The Kier molecular flexibility index (Phi) is 4.44. The zero-order valence-electron chi connectivity index (χ0n) is 6.15. The first-order chi connectivity index (χ1) is 4.09. The van der Waals surface area contributed by atoms with Gasteiger partial charge in [0.2, 0.25) is 0 Å². The number of hydrogen-bond donors (Lipinski definition) is 0. The van der Waals surface area contributed by atoms with Crippen LogP contribution in [0.5, 0.6) is 0 Å². The average Bonchev–Trinajstić information content (AvgIpc) is 1.84. The molecule has 2 unspecified atom stereocenters. The topological polar surface area (TPSA) is 17.1 Å². The van der Waals surface area contributed by atoms with Gasteiger partial charge >= 0.3 is 0 Å². The van der Waals surface area contributed by atoms with Crippen LogP contribution in [0.15, 0.2) is 0 Å². The Hall–Kier alpha value is 0.400. The Morgan fingerprint density at radius 3 is 2.11 bits per heavy atom. The summed E-state index contributed by atoms with van der Waals surface area (Å²) in [5.74, 6) is 0.620. The number of rotatable bonds is 3. The third-order valence-corrected chi connectivity index (χ3v) is 2.10. The van der Waals surface area contributed by atoms with E-state index in [2.05, 4.69) is 22.6 Å². The molecule has 1 nitrogen and oxygen atoms in total. The third kappa shape index (κ3) is 3.18. The van der Waals surface area contributed by atoms with Gasteiger partial charge in [-0.15, -0.1) is 0 Å². The zero-order chi connectivity index (χ0) is 7.44. The molecule has 0 fully saturated rings. The molecule has 0 amide bonds. The van der Waals surface area contributed by atoms with E-state index in [1.54, 1.807) is 0 Å². The number of hydrogen-bond acceptors (Lipinski definition) is 1. The van der Waals surface area contributed by atoms with Crippen LogP contribution < -0.4 is 0 Å². The minimum atomic E-state index is 0.178. The summed E-state index contributed by atoms with van der Waals surface area (Å²) in [6, 6.07) is 0. The van der Waals surface area contributed by atoms with Gasteiger partial charge in [0.15, 0.2) is 0 Å². The first-order valence-electron chi connectivity index (χ1n) is 3.27. The molecule has 0 aromatic rings. The summed E-state index contributed by atoms with van der Waals surface area (Å²) in [5, 5.41) is 0. The van der Waals surface area contributed by atoms with Crippen molar-refractivity contribution in [2.24, 2.45) is 5.92 Å². The van der Waals surface area contributed by atoms with Crippen LogP contribution in [0.25, 0.3) is 0 Å². The second-order valence-corrected chi connectivity index (χ2v) is 4.20. The predicted molar refractivity (Wildman–Crippen MR) is 47.9 cm³/mol. The monoisotopic (exact) mass is 240 g/mol. The second-order valence-electron chi connectivity index (χ2n) is 2.33. The lowest BCUT2D eigenvalue weighted by atomic mass is 10.0. The first-order valence-corrected chi connectivity index (χ1v) is 4.52. The van der Waals surface area contributed by atoms with E-state index in [-0.39, 0.29) is 9.84 Å². The van der Waals surface area contributed by atoms with Crippen LogP contribution in [0.2, 0.25) is 0 Å². The fraction of sp³-hybridized carbons (Fsp3) is 0.857. The van der Waals surface area contributed by atoms with Crippen molar-refractivity contribution < 1.29 is 4.79 Å². The highest BCUT2D eigenvalue weighted by molar-refractivity contribution is 14.1. The minimum Gasteiger partial charge on any atom is -0.298 e. The molecule has 0 heterocycles. The van der Waals surface area contributed by atoms with Crippen molar-refractivity contribution >= 4 is 28.4 Å². The molecule has 0 aliphatic carbocycles. The maximum absolute atomic E-state index is 11.1. The van der Waals surface area contributed by atoms with E-state index in [1.807, 2.05) is 20.8 Å². The van der Waals surface area contributed by atoms with Crippen LogP contribution in [0.3, 0.4) is 0 Å². The molecule has 54 valence electrons. The van der Waals surface area contributed by atoms with Gasteiger partial charge in [-0.2, -0.15) is 0 Å². The van der Waals surface area contributed by atoms with E-state index in [0.29, 0.717) is 5.78 Å². The fourth-order valence-electron chi connectivity index (χ4n) is 0.593. The van der Waals surface area contributed by atoms with E-state index >= 15 is 0 Å². The van der Waals surface area contributed by atoms with Gasteiger partial charge in [-0.05, 0) is 13.3 Å². The third-order valence-electron chi connectivity index (χ3n) is 1.49. The molecule has 0 saturated carbocycles. The van der Waals surface area contributed by atoms with Gasteiger partial charge in [-0.1, -0.05) is 36.4 Å². The van der Waals surface area contributed by atoms with Gasteiger partial charge in [0.1, 0.15) is 5.78 Å². The summed E-state index contributed by atoms with van der Waals surface area (Å²) in [5.41, 5.74) is 0. The van der Waals surface area contributed by atoms with Crippen molar-refractivity contribution in [1.29, 1.82) is 0 Å². The summed E-state index contributed by atoms with van der Waals surface area (Å²) in [7, 11) is 0. The van der Waals surface area contributed by atoms with Crippen LogP contribution in [0.4, 0.5) is 0 Å². The van der Waals surface area contributed by atoms with Crippen molar-refractivity contribution in [3.8, 4) is 0 Å². The largest absolute Gasteiger partial charge is 0.298 e. The molecule has 0 aliphatic heterocycles. The summed E-state index contributed by atoms with van der Waals surface area (Å²) in [6.45, 7) is 5.97. The van der Waals surface area contributed by atoms with Gasteiger partial charge in [-0.3, -0.25) is 4.79 Å². The summed E-state index contributed by atoms with van der Waals surface area (Å²) >= 11 is 2.16. The van der Waals surface area contributed by atoms with Crippen molar-refractivity contribution in [2.75, 3.05) is 0 Å². The SMILES string of the molecule is CCC(C)C(=O)C(C)I. The molecular weight excluding hydrogens is 227 g/mol. The molecular formula is C7H13IO. The second kappa shape index (κ2) is 4.25. The van der Waals surface area contributed by atoms with Crippen LogP contribution in [0, 0.1) is 5.92 Å². The molecule has 0 radical (unpaired) electrons. The Morgan fingerprint density at radius 1 is 1.56 bits per heavy atom. The van der Waals surface area contributed by atoms with Crippen LogP contribution in [0.1, 0.15) is 27.2 Å². The lowest BCUT2D eigenvalue weighted by molar-refractivity contribution is -0.121. The number of ketones is 1. The van der Waals surface area contributed by atoms with E-state index in [0.717, 1.165) is 6.42 Å². The molecule has 0 spiro atoms. The molecule has 2 atom stereocenters. The van der Waals surface area contributed by atoms with Crippen LogP contribution in [-0.2, 0) is 4.79 Å². The van der Waals surface area contributed by atoms with Gasteiger partial charge < -0.3 is 0 Å². The van der Waals surface area contributed by atoms with Crippen molar-refractivity contribution in [2.45, 2.75) is 31.1 Å². The van der Waals surface area contributed by atoms with E-state index in [1.165, 1.54) is 0 Å². The van der Waals surface area contributed by atoms with Gasteiger partial charge in [0, 0.05) is 5.92 Å². The van der Waals surface area contributed by atoms with Crippen molar-refractivity contribution in [3.05, 3.63) is 0 Å². The molecule has 0 rings (SSSR count). The molecule has 0 aliphatic rings. The lowest BCUT2D eigenvalue weighted by Gasteiger charge is -2.07. The van der Waals surface area contributed by atoms with Gasteiger partial charge in [-0.25, -0.2) is 0 Å². The molecule has 9 heavy (non-hydrogen) atoms. The normalized spacial score (nSPS) is 16.9. The molecule has 0 bridgehead atoms. The Balaban J connectivity index is 3.73. The smallest absolute Gasteiger partial charge is 0.148 e.